The lowest BCUT2D eigenvalue weighted by Gasteiger charge is -2.29. The largest absolute Gasteiger partial charge is 0.505 e. The van der Waals surface area contributed by atoms with Gasteiger partial charge in [0.15, 0.2) is 0 Å². The van der Waals surface area contributed by atoms with Crippen molar-refractivity contribution in [2.45, 2.75) is 71.6 Å². The highest BCUT2D eigenvalue weighted by Crippen LogP contribution is 2.36. The predicted octanol–water partition coefficient (Wildman–Crippen LogP) is 4.81. The van der Waals surface area contributed by atoms with Crippen molar-refractivity contribution < 1.29 is 23.1 Å². The number of phenolic OH excluding ortho intramolecular Hbond substituents is 1. The first-order valence-electron chi connectivity index (χ1n) is 15.1. The van der Waals surface area contributed by atoms with E-state index < -0.39 is 10.0 Å². The summed E-state index contributed by atoms with van der Waals surface area (Å²) < 4.78 is 28.6. The number of hydrogen-bond acceptors (Lipinski definition) is 6. The van der Waals surface area contributed by atoms with Crippen molar-refractivity contribution in [3.63, 3.8) is 0 Å². The number of hydrazine groups is 1. The second kappa shape index (κ2) is 15.4. The van der Waals surface area contributed by atoms with E-state index in [1.165, 1.54) is 9.31 Å². The van der Waals surface area contributed by atoms with Gasteiger partial charge in [-0.2, -0.15) is 0 Å². The number of phenols is 1. The Hall–Kier alpha value is -3.11. The molecule has 2 aromatic rings. The highest BCUT2D eigenvalue weighted by atomic mass is 32.2. The number of anilines is 1. The zero-order valence-corrected chi connectivity index (χ0v) is 26.6. The Labute approximate surface area is 251 Å². The summed E-state index contributed by atoms with van der Waals surface area (Å²) in [6, 6.07) is 13.4. The number of rotatable bonds is 14. The zero-order chi connectivity index (χ0) is 30.9. The second-order valence-electron chi connectivity index (χ2n) is 12.1. The maximum Gasteiger partial charge on any atom is 0.264 e. The molecule has 1 heterocycles. The molecular weight excluding hydrogens is 552 g/mol. The van der Waals surface area contributed by atoms with E-state index in [-0.39, 0.29) is 65.5 Å². The molecule has 1 aliphatic heterocycles. The molecule has 0 saturated carbocycles. The Morgan fingerprint density at radius 2 is 1.62 bits per heavy atom. The summed E-state index contributed by atoms with van der Waals surface area (Å²) >= 11 is 0. The average molecular weight is 601 g/mol. The molecule has 0 bridgehead atoms. The number of amides is 2. The van der Waals surface area contributed by atoms with Crippen LogP contribution in [-0.4, -0.2) is 68.0 Å². The standard InChI is InChI=1S/C32H48N4O5S/c1-6-25(4)20-31(38)35(33-30(37)23-34-17-10-11-18-34)22-26(5)19-27-13-12-16-29(32(27)39)36(21-24(2)3)42(40,41)28-14-8-7-9-15-28/h7-9,12-16,24-26,39H,6,10-11,17-23H2,1-5H3,(H,33,37)/t25-,26+/m0/s1. The third-order valence-corrected chi connectivity index (χ3v) is 9.43. The van der Waals surface area contributed by atoms with E-state index in [1.54, 1.807) is 48.5 Å². The lowest BCUT2D eigenvalue weighted by molar-refractivity contribution is -0.143. The monoisotopic (exact) mass is 600 g/mol. The van der Waals surface area contributed by atoms with Crippen molar-refractivity contribution >= 4 is 27.5 Å². The first-order valence-corrected chi connectivity index (χ1v) is 16.6. The van der Waals surface area contributed by atoms with E-state index in [2.05, 4.69) is 10.3 Å². The van der Waals surface area contributed by atoms with Crippen molar-refractivity contribution in [3.8, 4) is 5.75 Å². The molecule has 0 spiro atoms. The van der Waals surface area contributed by atoms with Gasteiger partial charge in [-0.15, -0.1) is 0 Å². The number of likely N-dealkylation sites (tertiary alicyclic amines) is 1. The van der Waals surface area contributed by atoms with Crippen LogP contribution in [0, 0.1) is 17.8 Å². The number of carbonyl (C=O) groups excluding carboxylic acids is 2. The van der Waals surface area contributed by atoms with Gasteiger partial charge in [0.1, 0.15) is 5.75 Å². The van der Waals surface area contributed by atoms with Crippen LogP contribution in [0.15, 0.2) is 53.4 Å². The zero-order valence-electron chi connectivity index (χ0n) is 25.8. The van der Waals surface area contributed by atoms with Gasteiger partial charge in [0.2, 0.25) is 5.91 Å². The van der Waals surface area contributed by atoms with E-state index in [0.29, 0.717) is 18.4 Å². The van der Waals surface area contributed by atoms with Gasteiger partial charge in [-0.3, -0.25) is 29.2 Å². The van der Waals surface area contributed by atoms with Crippen molar-refractivity contribution in [1.82, 2.24) is 15.3 Å². The number of aromatic hydroxyl groups is 1. The quantitative estimate of drug-likeness (QED) is 0.301. The first-order chi connectivity index (χ1) is 19.9. The molecule has 232 valence electrons. The van der Waals surface area contributed by atoms with Crippen molar-refractivity contribution in [2.24, 2.45) is 17.8 Å². The Bertz CT molecular complexity index is 1280. The van der Waals surface area contributed by atoms with E-state index in [1.807, 2.05) is 34.6 Å². The molecule has 42 heavy (non-hydrogen) atoms. The summed E-state index contributed by atoms with van der Waals surface area (Å²) in [5.74, 6) is -0.379. The lowest BCUT2D eigenvalue weighted by atomic mass is 9.98. The second-order valence-corrected chi connectivity index (χ2v) is 13.9. The third-order valence-electron chi connectivity index (χ3n) is 7.64. The number of benzene rings is 2. The van der Waals surface area contributed by atoms with Crippen LogP contribution in [0.5, 0.6) is 5.75 Å². The number of carbonyl (C=O) groups is 2. The Kier molecular flexibility index (Phi) is 12.2. The molecule has 1 fully saturated rings. The summed E-state index contributed by atoms with van der Waals surface area (Å²) in [5, 5.41) is 12.8. The summed E-state index contributed by atoms with van der Waals surface area (Å²) in [5.41, 5.74) is 3.65. The molecule has 0 aromatic heterocycles. The smallest absolute Gasteiger partial charge is 0.264 e. The van der Waals surface area contributed by atoms with Gasteiger partial charge >= 0.3 is 0 Å². The molecule has 2 atom stereocenters. The molecule has 0 aliphatic carbocycles. The first kappa shape index (κ1) is 33.4. The normalized spacial score (nSPS) is 15.4. The lowest BCUT2D eigenvalue weighted by Crippen LogP contribution is -2.51. The number of para-hydroxylation sites is 1. The molecule has 0 unspecified atom stereocenters. The molecule has 0 radical (unpaired) electrons. The number of sulfonamides is 1. The van der Waals surface area contributed by atoms with Gasteiger partial charge in [-0.25, -0.2) is 8.42 Å². The van der Waals surface area contributed by atoms with Crippen molar-refractivity contribution in [2.75, 3.05) is 37.0 Å². The van der Waals surface area contributed by atoms with Crippen LogP contribution in [0.1, 0.15) is 65.9 Å². The maximum atomic E-state index is 13.6. The van der Waals surface area contributed by atoms with Crippen LogP contribution < -0.4 is 9.73 Å². The average Bonchev–Trinajstić information content (AvgIpc) is 3.45. The fourth-order valence-corrected chi connectivity index (χ4v) is 6.82. The van der Waals surface area contributed by atoms with Gasteiger partial charge in [0, 0.05) is 19.5 Å². The summed E-state index contributed by atoms with van der Waals surface area (Å²) in [7, 11) is -3.92. The third kappa shape index (κ3) is 9.19. The highest BCUT2D eigenvalue weighted by molar-refractivity contribution is 7.92. The molecule has 9 nitrogen and oxygen atoms in total. The van der Waals surface area contributed by atoms with Crippen LogP contribution in [0.3, 0.4) is 0 Å². The Balaban J connectivity index is 1.81. The van der Waals surface area contributed by atoms with Gasteiger partial charge in [-0.1, -0.05) is 71.4 Å². The maximum absolute atomic E-state index is 13.6. The Morgan fingerprint density at radius 3 is 2.24 bits per heavy atom. The molecule has 10 heteroatoms. The SMILES string of the molecule is CC[C@H](C)CC(=O)N(C[C@H](C)Cc1cccc(N(CC(C)C)S(=O)(=O)c2ccccc2)c1O)NC(=O)CN1CCCC1. The predicted molar refractivity (Wildman–Crippen MR) is 166 cm³/mol. The van der Waals surface area contributed by atoms with Crippen LogP contribution in [-0.2, 0) is 26.0 Å². The van der Waals surface area contributed by atoms with Crippen LogP contribution in [0.2, 0.25) is 0 Å². The minimum atomic E-state index is -3.92. The molecule has 2 amide bonds. The van der Waals surface area contributed by atoms with E-state index >= 15 is 0 Å². The Morgan fingerprint density at radius 1 is 0.952 bits per heavy atom. The summed E-state index contributed by atoms with van der Waals surface area (Å²) in [4.78, 5) is 28.3. The minimum Gasteiger partial charge on any atom is -0.505 e. The highest BCUT2D eigenvalue weighted by Gasteiger charge is 2.29. The van der Waals surface area contributed by atoms with E-state index in [0.717, 1.165) is 32.4 Å². The van der Waals surface area contributed by atoms with Gasteiger partial charge < -0.3 is 5.11 Å². The van der Waals surface area contributed by atoms with Gasteiger partial charge in [-0.05, 0) is 73.9 Å². The van der Waals surface area contributed by atoms with Crippen LogP contribution >= 0.6 is 0 Å². The molecule has 1 aliphatic rings. The van der Waals surface area contributed by atoms with Crippen LogP contribution in [0.25, 0.3) is 0 Å². The molecule has 2 N–H and O–H groups in total. The van der Waals surface area contributed by atoms with Crippen molar-refractivity contribution in [1.29, 1.82) is 0 Å². The fourth-order valence-electron chi connectivity index (χ4n) is 5.16. The molecule has 3 rings (SSSR count). The number of nitrogens with zero attached hydrogens (tertiary/aromatic N) is 3. The van der Waals surface area contributed by atoms with Crippen LogP contribution in [0.4, 0.5) is 5.69 Å². The van der Waals surface area contributed by atoms with E-state index in [4.69, 9.17) is 0 Å². The van der Waals surface area contributed by atoms with Gasteiger partial charge in [0.25, 0.3) is 15.9 Å². The topological polar surface area (TPSA) is 110 Å². The number of nitrogens with one attached hydrogen (secondary N) is 1. The summed E-state index contributed by atoms with van der Waals surface area (Å²) in [6.07, 6.45) is 3.72. The molecule has 2 aromatic carbocycles. The molecular formula is C32H48N4O5S. The van der Waals surface area contributed by atoms with Gasteiger partial charge in [0.05, 0.1) is 17.1 Å². The number of hydrogen-bond donors (Lipinski definition) is 2. The van der Waals surface area contributed by atoms with Crippen molar-refractivity contribution in [3.05, 3.63) is 54.1 Å². The van der Waals surface area contributed by atoms with E-state index in [9.17, 15) is 23.1 Å². The summed E-state index contributed by atoms with van der Waals surface area (Å²) in [6.45, 7) is 12.4. The minimum absolute atomic E-state index is 0.0136. The fraction of sp³-hybridized carbons (Fsp3) is 0.562. The molecule has 1 saturated heterocycles.